The van der Waals surface area contributed by atoms with E-state index in [-0.39, 0.29) is 31.1 Å². The molecule has 0 spiro atoms. The fourth-order valence-corrected chi connectivity index (χ4v) is 7.12. The van der Waals surface area contributed by atoms with Gasteiger partial charge in [0.05, 0.1) is 30.1 Å². The predicted octanol–water partition coefficient (Wildman–Crippen LogP) is 4.27. The zero-order valence-electron chi connectivity index (χ0n) is 28.3. The van der Waals surface area contributed by atoms with Crippen molar-refractivity contribution in [1.82, 2.24) is 25.1 Å². The first-order chi connectivity index (χ1) is 22.5. The van der Waals surface area contributed by atoms with Crippen LogP contribution in [0.4, 0.5) is 4.79 Å². The van der Waals surface area contributed by atoms with Crippen LogP contribution < -0.4 is 14.8 Å². The summed E-state index contributed by atoms with van der Waals surface area (Å²) < 4.78 is 24.4. The Morgan fingerprint density at radius 3 is 2.60 bits per heavy atom. The Morgan fingerprint density at radius 1 is 1.06 bits per heavy atom. The van der Waals surface area contributed by atoms with E-state index in [1.807, 2.05) is 33.0 Å². The second-order valence-corrected chi connectivity index (χ2v) is 14.7. The minimum Gasteiger partial charge on any atom is -0.489 e. The lowest BCUT2D eigenvalue weighted by atomic mass is 9.85. The molecule has 0 aromatic carbocycles. The minimum absolute atomic E-state index is 0.0637. The molecule has 5 heterocycles. The van der Waals surface area contributed by atoms with Gasteiger partial charge in [-0.15, -0.1) is 0 Å². The van der Waals surface area contributed by atoms with Crippen LogP contribution in [-0.4, -0.2) is 102 Å². The molecule has 2 aromatic heterocycles. The van der Waals surface area contributed by atoms with Gasteiger partial charge in [0.1, 0.15) is 36.1 Å². The number of methoxy groups -OCH3 is 1. The molecule has 2 bridgehead atoms. The number of amides is 2. The van der Waals surface area contributed by atoms with Crippen LogP contribution in [0.2, 0.25) is 0 Å². The Balaban J connectivity index is 1.37. The summed E-state index contributed by atoms with van der Waals surface area (Å²) in [6.07, 6.45) is 9.78. The van der Waals surface area contributed by atoms with Crippen LogP contribution in [-0.2, 0) is 25.5 Å². The van der Waals surface area contributed by atoms with Gasteiger partial charge in [-0.05, 0) is 63.0 Å². The Hall–Kier alpha value is -3.67. The molecule has 3 aliphatic heterocycles. The number of carbonyl (C=O) groups is 3. The topological polar surface area (TPSA) is 132 Å². The van der Waals surface area contributed by atoms with Crippen LogP contribution >= 0.6 is 0 Å². The van der Waals surface area contributed by atoms with Gasteiger partial charge in [-0.25, -0.2) is 14.6 Å². The summed E-state index contributed by atoms with van der Waals surface area (Å²) in [5.41, 5.74) is 0.966. The lowest BCUT2D eigenvalue weighted by Crippen LogP contribution is -2.57. The third-order valence-electron chi connectivity index (χ3n) is 10.0. The molecule has 2 amide bonds. The first kappa shape index (κ1) is 33.2. The number of aromatic nitrogens is 2. The van der Waals surface area contributed by atoms with Gasteiger partial charge < -0.3 is 34.1 Å². The summed E-state index contributed by atoms with van der Waals surface area (Å²) in [4.78, 5) is 53.4. The van der Waals surface area contributed by atoms with Crippen LogP contribution in [0.3, 0.4) is 0 Å². The van der Waals surface area contributed by atoms with Gasteiger partial charge in [0.25, 0.3) is 0 Å². The van der Waals surface area contributed by atoms with Gasteiger partial charge in [0.15, 0.2) is 0 Å². The number of hydrogen-bond acceptors (Lipinski definition) is 10. The average Bonchev–Trinajstić information content (AvgIpc) is 3.63. The van der Waals surface area contributed by atoms with Gasteiger partial charge in [-0.1, -0.05) is 33.6 Å². The van der Waals surface area contributed by atoms with Crippen LogP contribution in [0.25, 0.3) is 10.9 Å². The Kier molecular flexibility index (Phi) is 9.77. The van der Waals surface area contributed by atoms with Crippen LogP contribution in [0, 0.1) is 11.3 Å². The number of fused-ring (bicyclic) bond motifs is 5. The lowest BCUT2D eigenvalue weighted by Gasteiger charge is -2.34. The maximum atomic E-state index is 14.2. The summed E-state index contributed by atoms with van der Waals surface area (Å²) >= 11 is 0. The maximum Gasteiger partial charge on any atom is 0.408 e. The number of hydrogen-bond donors (Lipinski definition) is 1. The smallest absolute Gasteiger partial charge is 0.408 e. The molecule has 1 unspecified atom stereocenters. The number of alkyl carbamates (subject to hydrolysis) is 1. The fourth-order valence-electron chi connectivity index (χ4n) is 7.12. The van der Waals surface area contributed by atoms with Crippen molar-refractivity contribution < 1.29 is 33.3 Å². The van der Waals surface area contributed by atoms with E-state index in [0.29, 0.717) is 18.2 Å². The van der Waals surface area contributed by atoms with Crippen molar-refractivity contribution >= 4 is 28.9 Å². The number of nitrogens with zero attached hydrogens (tertiary/aromatic N) is 4. The summed E-state index contributed by atoms with van der Waals surface area (Å²) in [6, 6.07) is 0.0600. The number of likely N-dealkylation sites (tertiary alicyclic amines) is 1. The second-order valence-electron chi connectivity index (χ2n) is 14.7. The van der Waals surface area contributed by atoms with Crippen molar-refractivity contribution in [2.45, 2.75) is 109 Å². The number of pyridine rings is 2. The van der Waals surface area contributed by atoms with Gasteiger partial charge in [-0.3, -0.25) is 9.78 Å². The van der Waals surface area contributed by atoms with Crippen molar-refractivity contribution in [3.05, 3.63) is 24.0 Å². The highest BCUT2D eigenvalue weighted by molar-refractivity contribution is 5.91. The molecule has 2 saturated heterocycles. The number of nitrogens with one attached hydrogen (secondary N) is 1. The van der Waals surface area contributed by atoms with Crippen molar-refractivity contribution in [1.29, 1.82) is 0 Å². The molecule has 4 aliphatic rings. The average molecular weight is 652 g/mol. The SMILES string of the molecule is COC(=O)[C@@H]1C[C@@H]2CN1C(=O)[C@H](C(C)(C)C)NC(=O)OC1C[C@@H]1CCCCCc1c(nc3ccncc3c1OC1CCN(C)CC1)O2. The molecule has 12 heteroatoms. The molecule has 47 heavy (non-hydrogen) atoms. The zero-order valence-corrected chi connectivity index (χ0v) is 28.3. The normalized spacial score (nSPS) is 28.2. The van der Waals surface area contributed by atoms with Crippen molar-refractivity contribution in [3.63, 3.8) is 0 Å². The fraction of sp³-hybridized carbons (Fsp3) is 0.686. The predicted molar refractivity (Wildman–Crippen MR) is 174 cm³/mol. The highest BCUT2D eigenvalue weighted by atomic mass is 16.6. The van der Waals surface area contributed by atoms with Crippen molar-refractivity contribution in [2.75, 3.05) is 33.8 Å². The molecule has 0 radical (unpaired) electrons. The Morgan fingerprint density at radius 2 is 1.85 bits per heavy atom. The third-order valence-corrected chi connectivity index (χ3v) is 10.0. The van der Waals surface area contributed by atoms with E-state index in [1.165, 1.54) is 12.0 Å². The first-order valence-electron chi connectivity index (χ1n) is 17.2. The van der Waals surface area contributed by atoms with E-state index < -0.39 is 35.7 Å². The molecular weight excluding hydrogens is 602 g/mol. The van der Waals surface area contributed by atoms with Gasteiger partial charge >= 0.3 is 12.1 Å². The molecule has 6 rings (SSSR count). The third kappa shape index (κ3) is 7.58. The Bertz CT molecular complexity index is 1470. The number of ether oxygens (including phenoxy) is 4. The molecule has 3 fully saturated rings. The summed E-state index contributed by atoms with van der Waals surface area (Å²) in [5.74, 6) is 0.640. The molecule has 1 N–H and O–H groups in total. The number of esters is 1. The highest BCUT2D eigenvalue weighted by Crippen LogP contribution is 2.41. The van der Waals surface area contributed by atoms with Gasteiger partial charge in [-0.2, -0.15) is 0 Å². The van der Waals surface area contributed by atoms with E-state index in [2.05, 4.69) is 22.2 Å². The molecule has 12 nitrogen and oxygen atoms in total. The first-order valence-corrected chi connectivity index (χ1v) is 17.2. The maximum absolute atomic E-state index is 14.2. The lowest BCUT2D eigenvalue weighted by molar-refractivity contribution is -0.152. The van der Waals surface area contributed by atoms with E-state index in [1.54, 1.807) is 6.20 Å². The van der Waals surface area contributed by atoms with E-state index in [9.17, 15) is 14.4 Å². The van der Waals surface area contributed by atoms with Crippen LogP contribution in [0.1, 0.15) is 77.7 Å². The summed E-state index contributed by atoms with van der Waals surface area (Å²) in [6.45, 7) is 7.70. The molecule has 5 atom stereocenters. The summed E-state index contributed by atoms with van der Waals surface area (Å²) in [5, 5.41) is 3.68. The minimum atomic E-state index is -0.923. The van der Waals surface area contributed by atoms with Crippen LogP contribution in [0.5, 0.6) is 11.6 Å². The summed E-state index contributed by atoms with van der Waals surface area (Å²) in [7, 11) is 3.44. The zero-order chi connectivity index (χ0) is 33.3. The largest absolute Gasteiger partial charge is 0.489 e. The number of piperidine rings is 1. The molecule has 256 valence electrons. The van der Waals surface area contributed by atoms with E-state index in [4.69, 9.17) is 23.9 Å². The molecule has 1 saturated carbocycles. The van der Waals surface area contributed by atoms with Crippen molar-refractivity contribution in [3.8, 4) is 11.6 Å². The monoisotopic (exact) mass is 651 g/mol. The van der Waals surface area contributed by atoms with E-state index in [0.717, 1.165) is 80.3 Å². The Labute approximate surface area is 276 Å². The molecule has 1 aliphatic carbocycles. The second kappa shape index (κ2) is 13.8. The number of carbonyl (C=O) groups excluding carboxylic acids is 3. The standard InChI is InChI=1S/C35H49N5O7/c1-35(2,3)30-32(41)40-20-23(18-27(40)33(42)44-5)46-31-24(10-8-6-7-9-21-17-28(21)47-34(43)38-30)29(25-19-36-14-11-26(25)37-31)45-22-12-15-39(4)16-13-22/h11,14,19,21-23,27-28,30H,6-10,12-13,15-18,20H2,1-5H3,(H,38,43)/t21-,23+,27-,28?,30+/m0/s1. The number of rotatable bonds is 3. The molecular formula is C35H49N5O7. The van der Waals surface area contributed by atoms with E-state index >= 15 is 0 Å². The van der Waals surface area contributed by atoms with Gasteiger partial charge in [0.2, 0.25) is 11.8 Å². The highest BCUT2D eigenvalue weighted by Gasteiger charge is 2.47. The van der Waals surface area contributed by atoms with Crippen molar-refractivity contribution in [2.24, 2.45) is 11.3 Å². The molecule has 2 aromatic rings. The van der Waals surface area contributed by atoms with Gasteiger partial charge in [0, 0.05) is 31.9 Å². The van der Waals surface area contributed by atoms with Crippen LogP contribution in [0.15, 0.2) is 18.5 Å². The quantitative estimate of drug-likeness (QED) is 0.480.